The summed E-state index contributed by atoms with van der Waals surface area (Å²) in [7, 11) is 0. The molecule has 21 heavy (non-hydrogen) atoms. The Kier molecular flexibility index (Phi) is 2.71. The van der Waals surface area contributed by atoms with Gasteiger partial charge in [0.1, 0.15) is 5.82 Å². The molecule has 3 unspecified atom stereocenters. The van der Waals surface area contributed by atoms with Gasteiger partial charge < -0.3 is 0 Å². The minimum absolute atomic E-state index is 0.0231. The van der Waals surface area contributed by atoms with Gasteiger partial charge in [-0.25, -0.2) is 0 Å². The molecule has 0 radical (unpaired) electrons. The summed E-state index contributed by atoms with van der Waals surface area (Å²) < 4.78 is 2.96. The molecule has 1 N–H and O–H groups in total. The van der Waals surface area contributed by atoms with E-state index in [9.17, 15) is 0 Å². The molecular weight excluding hydrogens is 278 g/mol. The average molecular weight is 299 g/mol. The maximum Gasteiger partial charge on any atom is 0.195 e. The van der Waals surface area contributed by atoms with E-state index in [1.807, 2.05) is 0 Å². The van der Waals surface area contributed by atoms with Crippen molar-refractivity contribution in [1.82, 2.24) is 14.8 Å². The van der Waals surface area contributed by atoms with Crippen LogP contribution in [-0.2, 0) is 12.0 Å². The van der Waals surface area contributed by atoms with Gasteiger partial charge in [0.05, 0.1) is 0 Å². The lowest BCUT2D eigenvalue weighted by molar-refractivity contribution is 0.375. The monoisotopic (exact) mass is 299 g/mol. The van der Waals surface area contributed by atoms with Crippen molar-refractivity contribution in [3.05, 3.63) is 46.0 Å². The van der Waals surface area contributed by atoms with Gasteiger partial charge in [-0.2, -0.15) is 5.10 Å². The summed E-state index contributed by atoms with van der Waals surface area (Å²) in [6, 6.07) is 8.90. The Bertz CT molecular complexity index is 750. The Morgan fingerprint density at radius 3 is 2.76 bits per heavy atom. The molecule has 0 spiro atoms. The third-order valence-corrected chi connectivity index (χ3v) is 5.27. The minimum atomic E-state index is -0.0231. The first-order valence-electron chi connectivity index (χ1n) is 7.74. The zero-order valence-corrected chi connectivity index (χ0v) is 13.6. The van der Waals surface area contributed by atoms with Gasteiger partial charge in [0.15, 0.2) is 4.77 Å². The first-order valence-corrected chi connectivity index (χ1v) is 8.15. The highest BCUT2D eigenvalue weighted by Gasteiger charge is 2.56. The molecule has 0 aliphatic heterocycles. The summed E-state index contributed by atoms with van der Waals surface area (Å²) in [5, 5.41) is 7.60. The third kappa shape index (κ3) is 1.92. The number of hydrogen-bond acceptors (Lipinski definition) is 2. The summed E-state index contributed by atoms with van der Waals surface area (Å²) in [5.41, 5.74) is 3.04. The van der Waals surface area contributed by atoms with E-state index in [1.165, 1.54) is 24.0 Å². The summed E-state index contributed by atoms with van der Waals surface area (Å²) in [5.74, 6) is 3.06. The molecule has 0 amide bonds. The number of hydrogen-bond donors (Lipinski definition) is 1. The van der Waals surface area contributed by atoms with Crippen LogP contribution < -0.4 is 0 Å². The van der Waals surface area contributed by atoms with E-state index in [0.717, 1.165) is 16.5 Å². The summed E-state index contributed by atoms with van der Waals surface area (Å²) in [6.45, 7) is 6.59. The number of aromatic amines is 1. The van der Waals surface area contributed by atoms with Crippen LogP contribution in [0.3, 0.4) is 0 Å². The molecule has 2 aliphatic rings. The molecule has 4 heteroatoms. The van der Waals surface area contributed by atoms with E-state index in [1.54, 1.807) is 0 Å². The Morgan fingerprint density at radius 1 is 1.24 bits per heavy atom. The number of nitrogens with one attached hydrogen (secondary N) is 1. The van der Waals surface area contributed by atoms with E-state index in [0.29, 0.717) is 11.8 Å². The Hall–Kier alpha value is -1.42. The van der Waals surface area contributed by atoms with Crippen molar-refractivity contribution < 1.29 is 0 Å². The van der Waals surface area contributed by atoms with Crippen LogP contribution in [0.2, 0.25) is 0 Å². The van der Waals surface area contributed by atoms with Crippen LogP contribution in [-0.4, -0.2) is 14.8 Å². The van der Waals surface area contributed by atoms with E-state index in [4.69, 9.17) is 12.2 Å². The van der Waals surface area contributed by atoms with Crippen molar-refractivity contribution in [3.63, 3.8) is 0 Å². The van der Waals surface area contributed by atoms with Gasteiger partial charge in [-0.1, -0.05) is 24.3 Å². The number of rotatable bonds is 1. The van der Waals surface area contributed by atoms with Crippen molar-refractivity contribution >= 4 is 12.2 Å². The van der Waals surface area contributed by atoms with Crippen molar-refractivity contribution in [2.75, 3.05) is 0 Å². The average Bonchev–Trinajstić information content (AvgIpc) is 3.04. The molecule has 0 saturated heterocycles. The summed E-state index contributed by atoms with van der Waals surface area (Å²) in [6.07, 6.45) is 2.48. The van der Waals surface area contributed by atoms with Crippen LogP contribution in [0.25, 0.3) is 0 Å². The minimum Gasteiger partial charge on any atom is -0.299 e. The highest BCUT2D eigenvalue weighted by Crippen LogP contribution is 2.64. The Labute approximate surface area is 130 Å². The van der Waals surface area contributed by atoms with Crippen LogP contribution in [0.5, 0.6) is 0 Å². The fourth-order valence-corrected chi connectivity index (χ4v) is 4.51. The van der Waals surface area contributed by atoms with Gasteiger partial charge >= 0.3 is 0 Å². The van der Waals surface area contributed by atoms with Crippen LogP contribution >= 0.6 is 12.2 Å². The molecule has 0 bridgehead atoms. The van der Waals surface area contributed by atoms with E-state index in [2.05, 4.69) is 59.8 Å². The standard InChI is InChI=1S/C17H21N3S/c1-17(2,3)20-15(18-19-16(20)21)14-12-9-8-10-6-4-5-7-11(10)13(12)14/h4-7,12-14H,8-9H2,1-3H3,(H,19,21). The van der Waals surface area contributed by atoms with Crippen LogP contribution in [0.1, 0.15) is 56.0 Å². The second kappa shape index (κ2) is 4.29. The van der Waals surface area contributed by atoms with Crippen molar-refractivity contribution in [2.24, 2.45) is 5.92 Å². The van der Waals surface area contributed by atoms with Crippen LogP contribution in [0.4, 0.5) is 0 Å². The number of H-pyrrole nitrogens is 1. The number of nitrogens with zero attached hydrogens (tertiary/aromatic N) is 2. The SMILES string of the molecule is CC(C)(C)n1c(C2C3CCc4ccccc4C32)n[nH]c1=S. The molecule has 1 heterocycles. The lowest BCUT2D eigenvalue weighted by atomic mass is 9.92. The molecule has 2 aliphatic carbocycles. The molecule has 2 aromatic rings. The normalized spacial score (nSPS) is 27.1. The molecule has 1 aromatic heterocycles. The highest BCUT2D eigenvalue weighted by molar-refractivity contribution is 7.71. The molecule has 1 aromatic carbocycles. The molecule has 3 nitrogen and oxygen atoms in total. The fraction of sp³-hybridized carbons (Fsp3) is 0.529. The maximum absolute atomic E-state index is 5.46. The summed E-state index contributed by atoms with van der Waals surface area (Å²) >= 11 is 5.46. The van der Waals surface area contributed by atoms with Gasteiger partial charge in [-0.05, 0) is 68.8 Å². The topological polar surface area (TPSA) is 33.6 Å². The fourth-order valence-electron chi connectivity index (χ4n) is 4.10. The molecular formula is C17H21N3S. The van der Waals surface area contributed by atoms with E-state index < -0.39 is 0 Å². The van der Waals surface area contributed by atoms with Gasteiger partial charge in [0.25, 0.3) is 0 Å². The van der Waals surface area contributed by atoms with Gasteiger partial charge in [0.2, 0.25) is 0 Å². The molecule has 3 atom stereocenters. The van der Waals surface area contributed by atoms with Gasteiger partial charge in [-0.15, -0.1) is 0 Å². The first-order chi connectivity index (χ1) is 9.98. The second-order valence-corrected chi connectivity index (χ2v) is 7.73. The zero-order valence-electron chi connectivity index (χ0n) is 12.8. The van der Waals surface area contributed by atoms with Crippen LogP contribution in [0, 0.1) is 10.7 Å². The maximum atomic E-state index is 5.46. The number of fused-ring (bicyclic) bond motifs is 3. The molecule has 1 saturated carbocycles. The zero-order chi connectivity index (χ0) is 14.8. The number of aryl methyl sites for hydroxylation is 1. The largest absolute Gasteiger partial charge is 0.299 e. The van der Waals surface area contributed by atoms with E-state index >= 15 is 0 Å². The van der Waals surface area contributed by atoms with Crippen LogP contribution in [0.15, 0.2) is 24.3 Å². The van der Waals surface area contributed by atoms with Gasteiger partial charge in [0, 0.05) is 11.5 Å². The van der Waals surface area contributed by atoms with Crippen molar-refractivity contribution in [3.8, 4) is 0 Å². The van der Waals surface area contributed by atoms with Crippen molar-refractivity contribution in [2.45, 2.75) is 51.0 Å². The molecule has 4 rings (SSSR count). The Morgan fingerprint density at radius 2 is 2.00 bits per heavy atom. The third-order valence-electron chi connectivity index (χ3n) is 5.00. The van der Waals surface area contributed by atoms with Crippen molar-refractivity contribution in [1.29, 1.82) is 0 Å². The lowest BCUT2D eigenvalue weighted by Crippen LogP contribution is -2.24. The molecule has 110 valence electrons. The Balaban J connectivity index is 1.78. The predicted octanol–water partition coefficient (Wildman–Crippen LogP) is 4.14. The predicted molar refractivity (Wildman–Crippen MR) is 86.1 cm³/mol. The number of aromatic nitrogens is 3. The van der Waals surface area contributed by atoms with E-state index in [-0.39, 0.29) is 5.54 Å². The van der Waals surface area contributed by atoms with Gasteiger partial charge in [-0.3, -0.25) is 9.67 Å². The second-order valence-electron chi connectivity index (χ2n) is 7.35. The smallest absolute Gasteiger partial charge is 0.195 e. The first kappa shape index (κ1) is 13.3. The quantitative estimate of drug-likeness (QED) is 0.803. The lowest BCUT2D eigenvalue weighted by Gasteiger charge is -2.22. The molecule has 1 fully saturated rings. The summed E-state index contributed by atoms with van der Waals surface area (Å²) in [4.78, 5) is 0. The highest BCUT2D eigenvalue weighted by atomic mass is 32.1. The number of benzene rings is 1.